The molecule has 0 atom stereocenters. The highest BCUT2D eigenvalue weighted by Gasteiger charge is 2.21. The molecule has 29 heavy (non-hydrogen) atoms. The fourth-order valence-corrected chi connectivity index (χ4v) is 3.00. The van der Waals surface area contributed by atoms with Crippen LogP contribution in [-0.2, 0) is 9.53 Å². The Bertz CT molecular complexity index is 909. The second-order valence-electron chi connectivity index (χ2n) is 6.57. The largest absolute Gasteiger partial charge is 0.378 e. The second-order valence-corrected chi connectivity index (χ2v) is 6.57. The molecule has 1 fully saturated rings. The molecule has 1 saturated heterocycles. The molecule has 1 aliphatic heterocycles. The maximum Gasteiger partial charge on any atom is 0.293 e. The Kier molecular flexibility index (Phi) is 6.75. The first-order valence-electron chi connectivity index (χ1n) is 9.27. The molecule has 2 N–H and O–H groups in total. The Hall–Kier alpha value is -3.46. The minimum absolute atomic E-state index is 0.00314. The zero-order chi connectivity index (χ0) is 20.6. The first kappa shape index (κ1) is 20.3. The molecule has 0 saturated carbocycles. The highest BCUT2D eigenvalue weighted by atomic mass is 16.6. The number of nitro groups is 1. The molecule has 9 heteroatoms. The van der Waals surface area contributed by atoms with Crippen LogP contribution in [0, 0.1) is 17.0 Å². The summed E-state index contributed by atoms with van der Waals surface area (Å²) in [6.45, 7) is 4.33. The van der Waals surface area contributed by atoms with Crippen LogP contribution in [0.5, 0.6) is 0 Å². The van der Waals surface area contributed by atoms with E-state index in [-0.39, 0.29) is 18.1 Å². The van der Waals surface area contributed by atoms with E-state index >= 15 is 0 Å². The third kappa shape index (κ3) is 5.52. The highest BCUT2D eigenvalue weighted by molar-refractivity contribution is 5.86. The van der Waals surface area contributed by atoms with Crippen molar-refractivity contribution in [2.45, 2.75) is 6.92 Å². The second kappa shape index (κ2) is 9.65. The Morgan fingerprint density at radius 3 is 2.76 bits per heavy atom. The number of rotatable bonds is 7. The lowest BCUT2D eigenvalue weighted by atomic mass is 10.1. The number of aryl methyl sites for hydroxylation is 1. The van der Waals surface area contributed by atoms with Crippen molar-refractivity contribution in [2.24, 2.45) is 5.10 Å². The topological polar surface area (TPSA) is 109 Å². The summed E-state index contributed by atoms with van der Waals surface area (Å²) >= 11 is 0. The average Bonchev–Trinajstić information content (AvgIpc) is 2.73. The van der Waals surface area contributed by atoms with Gasteiger partial charge in [0.2, 0.25) is 0 Å². The first-order valence-corrected chi connectivity index (χ1v) is 9.27. The molecule has 1 aliphatic rings. The van der Waals surface area contributed by atoms with E-state index in [1.807, 2.05) is 36.1 Å². The summed E-state index contributed by atoms with van der Waals surface area (Å²) < 4.78 is 5.30. The van der Waals surface area contributed by atoms with Crippen molar-refractivity contribution in [2.75, 3.05) is 43.1 Å². The van der Waals surface area contributed by atoms with Gasteiger partial charge in [-0.05, 0) is 24.6 Å². The van der Waals surface area contributed by atoms with Gasteiger partial charge in [-0.1, -0.05) is 24.3 Å². The maximum atomic E-state index is 11.9. The average molecular weight is 397 g/mol. The van der Waals surface area contributed by atoms with Gasteiger partial charge in [0.05, 0.1) is 30.9 Å². The zero-order valence-electron chi connectivity index (χ0n) is 16.1. The lowest BCUT2D eigenvalue weighted by molar-refractivity contribution is -0.384. The van der Waals surface area contributed by atoms with Gasteiger partial charge in [-0.3, -0.25) is 14.9 Å². The molecule has 0 aliphatic carbocycles. The molecule has 0 bridgehead atoms. The van der Waals surface area contributed by atoms with E-state index in [0.29, 0.717) is 37.6 Å². The van der Waals surface area contributed by atoms with Crippen molar-refractivity contribution < 1.29 is 14.5 Å². The van der Waals surface area contributed by atoms with Crippen molar-refractivity contribution >= 4 is 29.2 Å². The number of morpholine rings is 1. The summed E-state index contributed by atoms with van der Waals surface area (Å²) in [5, 5.41) is 18.4. The molecule has 2 aromatic rings. The van der Waals surface area contributed by atoms with Crippen molar-refractivity contribution in [3.8, 4) is 0 Å². The van der Waals surface area contributed by atoms with E-state index in [1.165, 1.54) is 12.3 Å². The van der Waals surface area contributed by atoms with Gasteiger partial charge >= 0.3 is 0 Å². The van der Waals surface area contributed by atoms with Crippen LogP contribution >= 0.6 is 0 Å². The first-order chi connectivity index (χ1) is 14.0. The zero-order valence-corrected chi connectivity index (χ0v) is 16.1. The number of carbonyl (C=O) groups is 1. The minimum atomic E-state index is -0.410. The van der Waals surface area contributed by atoms with Gasteiger partial charge in [0.15, 0.2) is 0 Å². The summed E-state index contributed by atoms with van der Waals surface area (Å²) in [4.78, 5) is 24.9. The third-order valence-electron chi connectivity index (χ3n) is 4.54. The summed E-state index contributed by atoms with van der Waals surface area (Å²) in [5.41, 5.74) is 5.42. The predicted molar refractivity (Wildman–Crippen MR) is 112 cm³/mol. The van der Waals surface area contributed by atoms with Crippen LogP contribution < -0.4 is 15.6 Å². The Morgan fingerprint density at radius 2 is 2.03 bits per heavy atom. The Labute approximate surface area is 168 Å². The molecular weight excluding hydrogens is 374 g/mol. The van der Waals surface area contributed by atoms with Crippen LogP contribution in [0.25, 0.3) is 0 Å². The van der Waals surface area contributed by atoms with Crippen LogP contribution in [0.2, 0.25) is 0 Å². The van der Waals surface area contributed by atoms with Gasteiger partial charge in [-0.2, -0.15) is 5.10 Å². The van der Waals surface area contributed by atoms with Crippen LogP contribution in [0.3, 0.4) is 0 Å². The minimum Gasteiger partial charge on any atom is -0.378 e. The Morgan fingerprint density at radius 1 is 1.28 bits per heavy atom. The number of ether oxygens (including phenoxy) is 1. The van der Waals surface area contributed by atoms with Crippen LogP contribution in [0.15, 0.2) is 47.6 Å². The molecule has 9 nitrogen and oxygen atoms in total. The van der Waals surface area contributed by atoms with Gasteiger partial charge < -0.3 is 15.0 Å². The standard InChI is InChI=1S/C20H23N5O4/c1-15-4-2-3-5-17(15)21-14-20(26)23-22-13-16-6-7-18(19(12-16)25(27)28)24-8-10-29-11-9-24/h2-7,12-13,21H,8-11,14H2,1H3,(H,23,26)/b22-13-. The molecule has 1 heterocycles. The van der Waals surface area contributed by atoms with Crippen LogP contribution in [0.1, 0.15) is 11.1 Å². The quantitative estimate of drug-likeness (QED) is 0.422. The number of nitro benzene ring substituents is 1. The van der Waals surface area contributed by atoms with Crippen molar-refractivity contribution in [1.29, 1.82) is 0 Å². The number of anilines is 2. The number of amides is 1. The fourth-order valence-electron chi connectivity index (χ4n) is 3.00. The van der Waals surface area contributed by atoms with Gasteiger partial charge in [-0.25, -0.2) is 5.43 Å². The predicted octanol–water partition coefficient (Wildman–Crippen LogP) is 2.30. The molecule has 1 amide bonds. The van der Waals surface area contributed by atoms with Gasteiger partial charge in [0.25, 0.3) is 11.6 Å². The van der Waals surface area contributed by atoms with Crippen molar-refractivity contribution in [3.63, 3.8) is 0 Å². The van der Waals surface area contributed by atoms with Crippen molar-refractivity contribution in [3.05, 3.63) is 63.7 Å². The number of hydrazone groups is 1. The molecule has 152 valence electrons. The number of nitrogens with one attached hydrogen (secondary N) is 2. The molecular formula is C20H23N5O4. The number of nitrogens with zero attached hydrogens (tertiary/aromatic N) is 3. The molecule has 2 aromatic carbocycles. The van der Waals surface area contributed by atoms with E-state index in [0.717, 1.165) is 11.3 Å². The molecule has 0 radical (unpaired) electrons. The van der Waals surface area contributed by atoms with Crippen molar-refractivity contribution in [1.82, 2.24) is 5.43 Å². The molecule has 0 spiro atoms. The summed E-state index contributed by atoms with van der Waals surface area (Å²) in [7, 11) is 0. The molecule has 3 rings (SSSR count). The van der Waals surface area contributed by atoms with Crippen LogP contribution in [-0.4, -0.2) is 49.9 Å². The van der Waals surface area contributed by atoms with E-state index < -0.39 is 4.92 Å². The lowest BCUT2D eigenvalue weighted by Crippen LogP contribution is -2.36. The summed E-state index contributed by atoms with van der Waals surface area (Å²) in [6.07, 6.45) is 1.39. The Balaban J connectivity index is 1.59. The van der Waals surface area contributed by atoms with E-state index in [4.69, 9.17) is 4.74 Å². The molecule has 0 aromatic heterocycles. The van der Waals surface area contributed by atoms with Gasteiger partial charge in [-0.15, -0.1) is 0 Å². The number of carbonyl (C=O) groups excluding carboxylic acids is 1. The fraction of sp³-hybridized carbons (Fsp3) is 0.300. The smallest absolute Gasteiger partial charge is 0.293 e. The number of hydrogen-bond acceptors (Lipinski definition) is 7. The van der Waals surface area contributed by atoms with Crippen LogP contribution in [0.4, 0.5) is 17.1 Å². The van der Waals surface area contributed by atoms with E-state index in [9.17, 15) is 14.9 Å². The monoisotopic (exact) mass is 397 g/mol. The molecule has 0 unspecified atom stereocenters. The number of hydrogen-bond donors (Lipinski definition) is 2. The van der Waals surface area contributed by atoms with E-state index in [1.54, 1.807) is 12.1 Å². The third-order valence-corrected chi connectivity index (χ3v) is 4.54. The summed E-state index contributed by atoms with van der Waals surface area (Å²) in [6, 6.07) is 12.5. The lowest BCUT2D eigenvalue weighted by Gasteiger charge is -2.28. The number of para-hydroxylation sites is 1. The van der Waals surface area contributed by atoms with E-state index in [2.05, 4.69) is 15.8 Å². The number of benzene rings is 2. The SMILES string of the molecule is Cc1ccccc1NCC(=O)N/N=C\c1ccc(N2CCOCC2)c([N+](=O)[O-])c1. The maximum absolute atomic E-state index is 11.9. The normalized spacial score (nSPS) is 14.0. The highest BCUT2D eigenvalue weighted by Crippen LogP contribution is 2.29. The van der Waals surface area contributed by atoms with Gasteiger partial charge in [0, 0.05) is 30.4 Å². The summed E-state index contributed by atoms with van der Waals surface area (Å²) in [5.74, 6) is -0.316. The van der Waals surface area contributed by atoms with Gasteiger partial charge in [0.1, 0.15) is 5.69 Å².